The number of halogens is 3. The van der Waals surface area contributed by atoms with Crippen molar-refractivity contribution in [3.8, 4) is 11.5 Å². The third-order valence-electron chi connectivity index (χ3n) is 3.27. The van der Waals surface area contributed by atoms with Gasteiger partial charge in [0.2, 0.25) is 5.91 Å². The Balaban J connectivity index is 2.28. The lowest BCUT2D eigenvalue weighted by molar-refractivity contribution is -0.161. The van der Waals surface area contributed by atoms with Crippen molar-refractivity contribution in [3.05, 3.63) is 23.8 Å². The minimum Gasteiger partial charge on any atom is -0.497 e. The first-order valence-electron chi connectivity index (χ1n) is 6.55. The van der Waals surface area contributed by atoms with Crippen molar-refractivity contribution in [3.63, 3.8) is 0 Å². The maximum atomic E-state index is 12.5. The molecule has 1 aromatic carbocycles. The van der Waals surface area contributed by atoms with Gasteiger partial charge < -0.3 is 14.4 Å². The molecule has 4 nitrogen and oxygen atoms in total. The van der Waals surface area contributed by atoms with Crippen LogP contribution < -0.4 is 9.47 Å². The van der Waals surface area contributed by atoms with Crippen LogP contribution in [0, 0.1) is 0 Å². The Morgan fingerprint density at radius 3 is 2.68 bits per heavy atom. The van der Waals surface area contributed by atoms with Gasteiger partial charge in [-0.1, -0.05) is 0 Å². The summed E-state index contributed by atoms with van der Waals surface area (Å²) in [4.78, 5) is 13.2. The first-order valence-corrected chi connectivity index (χ1v) is 7.60. The molecule has 0 aliphatic carbocycles. The van der Waals surface area contributed by atoms with Crippen molar-refractivity contribution in [1.29, 1.82) is 0 Å². The van der Waals surface area contributed by atoms with Crippen LogP contribution in [0.25, 0.3) is 0 Å². The van der Waals surface area contributed by atoms with Crippen molar-refractivity contribution in [2.45, 2.75) is 18.0 Å². The number of carbonyl (C=O) groups excluding carboxylic acids is 1. The lowest BCUT2D eigenvalue weighted by atomic mass is 10.1. The fourth-order valence-corrected chi connectivity index (χ4v) is 3.58. The monoisotopic (exact) mass is 335 g/mol. The van der Waals surface area contributed by atoms with Crippen LogP contribution in [0.3, 0.4) is 0 Å². The van der Waals surface area contributed by atoms with Crippen molar-refractivity contribution >= 4 is 17.7 Å². The largest absolute Gasteiger partial charge is 0.497 e. The van der Waals surface area contributed by atoms with E-state index < -0.39 is 23.9 Å². The first kappa shape index (κ1) is 16.8. The van der Waals surface area contributed by atoms with E-state index in [1.54, 1.807) is 18.2 Å². The molecule has 0 spiro atoms. The van der Waals surface area contributed by atoms with Gasteiger partial charge in [0.05, 0.1) is 14.2 Å². The van der Waals surface area contributed by atoms with E-state index in [0.717, 1.165) is 0 Å². The van der Waals surface area contributed by atoms with Gasteiger partial charge >= 0.3 is 6.18 Å². The molecule has 1 aliphatic heterocycles. The second-order valence-corrected chi connectivity index (χ2v) is 5.90. The summed E-state index contributed by atoms with van der Waals surface area (Å²) >= 11 is 1.41. The Bertz CT molecular complexity index is 551. The molecule has 1 fully saturated rings. The lowest BCUT2D eigenvalue weighted by Gasteiger charge is -2.26. The zero-order valence-corrected chi connectivity index (χ0v) is 13.0. The highest BCUT2D eigenvalue weighted by molar-refractivity contribution is 7.99. The topological polar surface area (TPSA) is 38.8 Å². The van der Waals surface area contributed by atoms with Crippen LogP contribution in [0.2, 0.25) is 0 Å². The summed E-state index contributed by atoms with van der Waals surface area (Å²) in [6.45, 7) is 0.282. The molecular weight excluding hydrogens is 319 g/mol. The van der Waals surface area contributed by atoms with Crippen LogP contribution in [0.1, 0.15) is 17.4 Å². The number of hydrogen-bond donors (Lipinski definition) is 0. The minimum absolute atomic E-state index is 0.282. The Morgan fingerprint density at radius 1 is 1.36 bits per heavy atom. The number of benzene rings is 1. The molecule has 122 valence electrons. The molecule has 0 saturated carbocycles. The number of nitrogens with zero attached hydrogens (tertiary/aromatic N) is 1. The van der Waals surface area contributed by atoms with Crippen molar-refractivity contribution in [1.82, 2.24) is 4.90 Å². The minimum atomic E-state index is -4.51. The van der Waals surface area contributed by atoms with Crippen LogP contribution in [-0.2, 0) is 4.79 Å². The van der Waals surface area contributed by atoms with Gasteiger partial charge in [0.15, 0.2) is 0 Å². The number of methoxy groups -OCH3 is 2. The molecule has 0 aromatic heterocycles. The van der Waals surface area contributed by atoms with E-state index in [0.29, 0.717) is 22.8 Å². The van der Waals surface area contributed by atoms with Crippen LogP contribution in [0.5, 0.6) is 11.5 Å². The average molecular weight is 335 g/mol. The molecule has 0 radical (unpaired) electrons. The highest BCUT2D eigenvalue weighted by Crippen LogP contribution is 2.44. The Morgan fingerprint density at radius 2 is 2.09 bits per heavy atom. The average Bonchev–Trinajstić information content (AvgIpc) is 2.94. The number of rotatable bonds is 4. The zero-order chi connectivity index (χ0) is 16.3. The summed E-state index contributed by atoms with van der Waals surface area (Å²) < 4.78 is 47.8. The van der Waals surface area contributed by atoms with Crippen molar-refractivity contribution in [2.75, 3.05) is 26.5 Å². The third kappa shape index (κ3) is 3.79. The number of thioether (sulfide) groups is 1. The number of ether oxygens (including phenoxy) is 2. The Kier molecular flexibility index (Phi) is 5.10. The number of alkyl halides is 3. The molecule has 0 bridgehead atoms. The van der Waals surface area contributed by atoms with Gasteiger partial charge in [-0.05, 0) is 18.2 Å². The predicted octanol–water partition coefficient (Wildman–Crippen LogP) is 3.23. The number of hydrogen-bond acceptors (Lipinski definition) is 4. The molecular formula is C14H16F3NO3S. The van der Waals surface area contributed by atoms with Crippen LogP contribution >= 0.6 is 11.8 Å². The fraction of sp³-hybridized carbons (Fsp3) is 0.500. The summed E-state index contributed by atoms with van der Waals surface area (Å²) in [6, 6.07) is 5.07. The smallest absolute Gasteiger partial charge is 0.397 e. The van der Waals surface area contributed by atoms with E-state index >= 15 is 0 Å². The van der Waals surface area contributed by atoms with E-state index in [4.69, 9.17) is 9.47 Å². The standard InChI is InChI=1S/C14H16F3NO3S/c1-20-9-3-4-11(21-2)10(7-9)13-18(5-6-22-13)12(19)8-14(15,16)17/h3-4,7,13H,5-6,8H2,1-2H3. The maximum absolute atomic E-state index is 12.5. The van der Waals surface area contributed by atoms with Gasteiger partial charge in [-0.3, -0.25) is 4.79 Å². The second-order valence-electron chi connectivity index (χ2n) is 4.71. The molecule has 1 unspecified atom stereocenters. The van der Waals surface area contributed by atoms with E-state index in [-0.39, 0.29) is 6.54 Å². The molecule has 8 heteroatoms. The van der Waals surface area contributed by atoms with Crippen LogP contribution in [0.4, 0.5) is 13.2 Å². The molecule has 1 saturated heterocycles. The summed E-state index contributed by atoms with van der Waals surface area (Å²) in [7, 11) is 2.98. The molecule has 1 amide bonds. The van der Waals surface area contributed by atoms with Gasteiger partial charge in [0, 0.05) is 17.9 Å². The highest BCUT2D eigenvalue weighted by atomic mass is 32.2. The zero-order valence-electron chi connectivity index (χ0n) is 12.1. The Labute approximate surface area is 130 Å². The van der Waals surface area contributed by atoms with E-state index in [2.05, 4.69) is 0 Å². The highest BCUT2D eigenvalue weighted by Gasteiger charge is 2.39. The van der Waals surface area contributed by atoms with Gasteiger partial charge in [-0.25, -0.2) is 0 Å². The summed E-state index contributed by atoms with van der Waals surface area (Å²) in [5, 5.41) is -0.500. The van der Waals surface area contributed by atoms with Crippen molar-refractivity contribution in [2.24, 2.45) is 0 Å². The van der Waals surface area contributed by atoms with Crippen LogP contribution in [-0.4, -0.2) is 43.5 Å². The fourth-order valence-electron chi connectivity index (χ4n) is 2.29. The molecule has 1 heterocycles. The van der Waals surface area contributed by atoms with Crippen molar-refractivity contribution < 1.29 is 27.4 Å². The molecule has 1 aliphatic rings. The van der Waals surface area contributed by atoms with Gasteiger partial charge in [-0.2, -0.15) is 13.2 Å². The Hall–Kier alpha value is -1.57. The summed E-state index contributed by atoms with van der Waals surface area (Å²) in [5.41, 5.74) is 0.639. The maximum Gasteiger partial charge on any atom is 0.397 e. The number of carbonyl (C=O) groups is 1. The summed E-state index contributed by atoms with van der Waals surface area (Å²) in [5.74, 6) is 0.734. The normalized spacial score (nSPS) is 18.4. The molecule has 1 atom stereocenters. The first-order chi connectivity index (χ1) is 10.4. The molecule has 2 rings (SSSR count). The number of amides is 1. The lowest BCUT2D eigenvalue weighted by Crippen LogP contribution is -2.33. The molecule has 1 aromatic rings. The third-order valence-corrected chi connectivity index (χ3v) is 4.51. The van der Waals surface area contributed by atoms with Gasteiger partial charge in [-0.15, -0.1) is 11.8 Å². The molecule has 0 N–H and O–H groups in total. The quantitative estimate of drug-likeness (QED) is 0.847. The van der Waals surface area contributed by atoms with Crippen LogP contribution in [0.15, 0.2) is 18.2 Å². The second kappa shape index (κ2) is 6.68. The van der Waals surface area contributed by atoms with Gasteiger partial charge in [0.25, 0.3) is 0 Å². The summed E-state index contributed by atoms with van der Waals surface area (Å²) in [6.07, 6.45) is -5.95. The predicted molar refractivity (Wildman–Crippen MR) is 77.1 cm³/mol. The van der Waals surface area contributed by atoms with E-state index in [1.807, 2.05) is 0 Å². The van der Waals surface area contributed by atoms with Gasteiger partial charge in [0.1, 0.15) is 23.3 Å². The molecule has 22 heavy (non-hydrogen) atoms. The van der Waals surface area contributed by atoms with E-state index in [1.165, 1.54) is 30.9 Å². The van der Waals surface area contributed by atoms with E-state index in [9.17, 15) is 18.0 Å². The SMILES string of the molecule is COc1ccc(OC)c(C2SCCN2C(=O)CC(F)(F)F)c1.